The van der Waals surface area contributed by atoms with Gasteiger partial charge in [-0.05, 0) is 36.1 Å². The highest BCUT2D eigenvalue weighted by Crippen LogP contribution is 2.31. The third-order valence-electron chi connectivity index (χ3n) is 2.77. The van der Waals surface area contributed by atoms with Crippen LogP contribution in [-0.4, -0.2) is 14.1 Å². The highest BCUT2D eigenvalue weighted by Gasteiger charge is 2.18. The number of hydrogen-bond acceptors (Lipinski definition) is 2. The smallest absolute Gasteiger partial charge is 0.0364 e. The fraction of sp³-hybridized carbons (Fsp3) is 0.455. The van der Waals surface area contributed by atoms with E-state index in [1.165, 1.54) is 16.8 Å². The summed E-state index contributed by atoms with van der Waals surface area (Å²) in [5.41, 5.74) is 10.0. The summed E-state index contributed by atoms with van der Waals surface area (Å²) in [4.78, 5) is 2.12. The average molecular weight is 176 g/mol. The predicted octanol–water partition coefficient (Wildman–Crippen LogP) is 1.70. The van der Waals surface area contributed by atoms with Crippen LogP contribution in [0.5, 0.6) is 0 Å². The van der Waals surface area contributed by atoms with E-state index in [0.717, 1.165) is 12.8 Å². The zero-order valence-corrected chi connectivity index (χ0v) is 8.25. The maximum atomic E-state index is 6.00. The molecule has 0 heterocycles. The molecule has 2 heteroatoms. The lowest BCUT2D eigenvalue weighted by Gasteiger charge is -2.14. The molecule has 0 spiro atoms. The highest BCUT2D eigenvalue weighted by atomic mass is 15.1. The maximum Gasteiger partial charge on any atom is 0.0364 e. The van der Waals surface area contributed by atoms with Crippen molar-refractivity contribution >= 4 is 5.69 Å². The molecule has 1 atom stereocenters. The van der Waals surface area contributed by atoms with Crippen LogP contribution in [0, 0.1) is 0 Å². The van der Waals surface area contributed by atoms with Gasteiger partial charge in [0.05, 0.1) is 0 Å². The van der Waals surface area contributed by atoms with Crippen molar-refractivity contribution < 1.29 is 0 Å². The molecule has 1 aliphatic carbocycles. The second-order valence-corrected chi connectivity index (χ2v) is 3.92. The molecule has 0 fully saturated rings. The molecule has 1 aromatic carbocycles. The molecule has 1 unspecified atom stereocenters. The van der Waals surface area contributed by atoms with Crippen LogP contribution in [0.3, 0.4) is 0 Å². The van der Waals surface area contributed by atoms with E-state index in [-0.39, 0.29) is 6.04 Å². The van der Waals surface area contributed by atoms with Crippen LogP contribution in [-0.2, 0) is 6.42 Å². The van der Waals surface area contributed by atoms with E-state index in [0.29, 0.717) is 0 Å². The summed E-state index contributed by atoms with van der Waals surface area (Å²) < 4.78 is 0. The van der Waals surface area contributed by atoms with Crippen molar-refractivity contribution in [3.05, 3.63) is 29.3 Å². The van der Waals surface area contributed by atoms with Crippen LogP contribution in [0.4, 0.5) is 5.69 Å². The van der Waals surface area contributed by atoms with Crippen molar-refractivity contribution in [3.8, 4) is 0 Å². The van der Waals surface area contributed by atoms with Gasteiger partial charge in [0.15, 0.2) is 0 Å². The van der Waals surface area contributed by atoms with Gasteiger partial charge in [-0.15, -0.1) is 0 Å². The zero-order valence-electron chi connectivity index (χ0n) is 8.25. The molecule has 0 aliphatic heterocycles. The molecular weight excluding hydrogens is 160 g/mol. The van der Waals surface area contributed by atoms with Crippen LogP contribution in [0.2, 0.25) is 0 Å². The first-order valence-corrected chi connectivity index (χ1v) is 4.74. The van der Waals surface area contributed by atoms with E-state index in [9.17, 15) is 0 Å². The van der Waals surface area contributed by atoms with E-state index in [4.69, 9.17) is 5.73 Å². The van der Waals surface area contributed by atoms with Crippen molar-refractivity contribution in [2.24, 2.45) is 5.73 Å². The molecule has 1 aromatic rings. The summed E-state index contributed by atoms with van der Waals surface area (Å²) in [6.07, 6.45) is 2.25. The molecule has 0 saturated carbocycles. The second kappa shape index (κ2) is 3.04. The number of benzene rings is 1. The Balaban J connectivity index is 2.42. The van der Waals surface area contributed by atoms with E-state index in [1.807, 2.05) is 0 Å². The molecular formula is C11H16N2. The minimum absolute atomic E-state index is 0.259. The molecule has 1 aliphatic rings. The Morgan fingerprint density at radius 3 is 2.85 bits per heavy atom. The molecule has 0 aromatic heterocycles. The molecule has 13 heavy (non-hydrogen) atoms. The third-order valence-corrected chi connectivity index (χ3v) is 2.77. The molecule has 2 nitrogen and oxygen atoms in total. The Morgan fingerprint density at radius 2 is 2.15 bits per heavy atom. The van der Waals surface area contributed by atoms with Gasteiger partial charge >= 0.3 is 0 Å². The topological polar surface area (TPSA) is 29.3 Å². The summed E-state index contributed by atoms with van der Waals surface area (Å²) in [6.45, 7) is 0. The van der Waals surface area contributed by atoms with Crippen LogP contribution in [0.1, 0.15) is 23.6 Å². The summed E-state index contributed by atoms with van der Waals surface area (Å²) in [7, 11) is 4.12. The SMILES string of the molecule is CN(C)c1ccc2c(c1)C(N)CC2. The van der Waals surface area contributed by atoms with Gasteiger partial charge < -0.3 is 10.6 Å². The third kappa shape index (κ3) is 1.42. The molecule has 0 saturated heterocycles. The second-order valence-electron chi connectivity index (χ2n) is 3.92. The number of hydrogen-bond donors (Lipinski definition) is 1. The van der Waals surface area contributed by atoms with Gasteiger partial charge in [-0.1, -0.05) is 6.07 Å². The zero-order chi connectivity index (χ0) is 9.42. The fourth-order valence-electron chi connectivity index (χ4n) is 1.90. The monoisotopic (exact) mass is 176 g/mol. The Morgan fingerprint density at radius 1 is 1.38 bits per heavy atom. The molecule has 2 rings (SSSR count). The summed E-state index contributed by atoms with van der Waals surface area (Å²) >= 11 is 0. The molecule has 0 radical (unpaired) electrons. The van der Waals surface area contributed by atoms with Crippen LogP contribution < -0.4 is 10.6 Å². The van der Waals surface area contributed by atoms with Crippen molar-refractivity contribution in [1.82, 2.24) is 0 Å². The van der Waals surface area contributed by atoms with E-state index in [2.05, 4.69) is 37.2 Å². The van der Waals surface area contributed by atoms with Crippen molar-refractivity contribution in [1.29, 1.82) is 0 Å². The van der Waals surface area contributed by atoms with Gasteiger partial charge in [0, 0.05) is 25.8 Å². The van der Waals surface area contributed by atoms with Gasteiger partial charge in [0.2, 0.25) is 0 Å². The highest BCUT2D eigenvalue weighted by molar-refractivity contribution is 5.52. The van der Waals surface area contributed by atoms with Crippen LogP contribution in [0.15, 0.2) is 18.2 Å². The Labute approximate surface area is 79.4 Å². The van der Waals surface area contributed by atoms with Crippen molar-refractivity contribution in [2.75, 3.05) is 19.0 Å². The number of nitrogens with zero attached hydrogens (tertiary/aromatic N) is 1. The lowest BCUT2D eigenvalue weighted by atomic mass is 10.1. The number of aryl methyl sites for hydroxylation is 1. The Bertz CT molecular complexity index is 318. The van der Waals surface area contributed by atoms with E-state index in [1.54, 1.807) is 0 Å². The van der Waals surface area contributed by atoms with Gasteiger partial charge in [0.25, 0.3) is 0 Å². The predicted molar refractivity (Wildman–Crippen MR) is 56.0 cm³/mol. The van der Waals surface area contributed by atoms with Gasteiger partial charge in [-0.25, -0.2) is 0 Å². The first kappa shape index (κ1) is 8.57. The Kier molecular flexibility index (Phi) is 2.00. The molecule has 70 valence electrons. The summed E-state index contributed by atoms with van der Waals surface area (Å²) in [5.74, 6) is 0. The number of rotatable bonds is 1. The van der Waals surface area contributed by atoms with Gasteiger partial charge in [-0.2, -0.15) is 0 Å². The minimum atomic E-state index is 0.259. The normalized spacial score (nSPS) is 20.1. The number of fused-ring (bicyclic) bond motifs is 1. The standard InChI is InChI=1S/C11H16N2/c1-13(2)9-5-3-8-4-6-11(12)10(8)7-9/h3,5,7,11H,4,6,12H2,1-2H3. The van der Waals surface area contributed by atoms with Crippen LogP contribution >= 0.6 is 0 Å². The van der Waals surface area contributed by atoms with Gasteiger partial charge in [0.1, 0.15) is 0 Å². The molecule has 0 bridgehead atoms. The largest absolute Gasteiger partial charge is 0.378 e. The van der Waals surface area contributed by atoms with Crippen LogP contribution in [0.25, 0.3) is 0 Å². The lowest BCUT2D eigenvalue weighted by molar-refractivity contribution is 0.713. The number of nitrogens with two attached hydrogens (primary N) is 1. The number of anilines is 1. The van der Waals surface area contributed by atoms with Gasteiger partial charge in [-0.3, -0.25) is 0 Å². The Hall–Kier alpha value is -1.02. The van der Waals surface area contributed by atoms with E-state index < -0.39 is 0 Å². The minimum Gasteiger partial charge on any atom is -0.378 e. The van der Waals surface area contributed by atoms with E-state index >= 15 is 0 Å². The fourth-order valence-corrected chi connectivity index (χ4v) is 1.90. The first-order valence-electron chi connectivity index (χ1n) is 4.74. The quantitative estimate of drug-likeness (QED) is 0.705. The molecule has 0 amide bonds. The first-order chi connectivity index (χ1) is 6.18. The van der Waals surface area contributed by atoms with Crippen molar-refractivity contribution in [3.63, 3.8) is 0 Å². The molecule has 2 N–H and O–H groups in total. The lowest BCUT2D eigenvalue weighted by Crippen LogP contribution is -2.10. The summed E-state index contributed by atoms with van der Waals surface area (Å²) in [5, 5.41) is 0. The summed E-state index contributed by atoms with van der Waals surface area (Å²) in [6, 6.07) is 6.84. The average Bonchev–Trinajstić information content (AvgIpc) is 2.47. The van der Waals surface area contributed by atoms with Crippen molar-refractivity contribution in [2.45, 2.75) is 18.9 Å². The maximum absolute atomic E-state index is 6.00.